The van der Waals surface area contributed by atoms with Gasteiger partial charge in [0.15, 0.2) is 0 Å². The second-order valence-electron chi connectivity index (χ2n) is 4.86. The minimum atomic E-state index is 1.26. The molecule has 1 heterocycles. The van der Waals surface area contributed by atoms with E-state index < -0.39 is 0 Å². The van der Waals surface area contributed by atoms with Crippen LogP contribution in [0.4, 0.5) is 0 Å². The van der Waals surface area contributed by atoms with Crippen molar-refractivity contribution >= 4 is 27.5 Å². The van der Waals surface area contributed by atoms with Crippen molar-refractivity contribution in [2.45, 2.75) is 6.92 Å². The fraction of sp³-hybridized carbons (Fsp3) is 0.0526. The first kappa shape index (κ1) is 12.9. The second kappa shape index (κ2) is 5.48. The molecule has 98 valence electrons. The average molecular weight is 276 g/mol. The molecule has 0 N–H and O–H groups in total. The first-order valence-corrected chi connectivity index (χ1v) is 7.53. The Morgan fingerprint density at radius 2 is 1.75 bits per heavy atom. The van der Waals surface area contributed by atoms with Crippen molar-refractivity contribution in [3.63, 3.8) is 0 Å². The van der Waals surface area contributed by atoms with E-state index in [0.717, 1.165) is 0 Å². The minimum absolute atomic E-state index is 1.26. The molecule has 0 aliphatic heterocycles. The van der Waals surface area contributed by atoms with Crippen molar-refractivity contribution in [1.29, 1.82) is 0 Å². The maximum absolute atomic E-state index is 3.73. The maximum atomic E-state index is 3.73. The Bertz CT molecular complexity index is 773. The summed E-state index contributed by atoms with van der Waals surface area (Å²) in [4.78, 5) is 0. The molecule has 3 rings (SSSR count). The van der Waals surface area contributed by atoms with Gasteiger partial charge in [-0.05, 0) is 41.1 Å². The van der Waals surface area contributed by atoms with E-state index in [4.69, 9.17) is 0 Å². The van der Waals surface area contributed by atoms with E-state index in [0.29, 0.717) is 0 Å². The topological polar surface area (TPSA) is 0 Å². The molecule has 0 atom stereocenters. The minimum Gasteiger partial charge on any atom is -0.143 e. The highest BCUT2D eigenvalue weighted by Crippen LogP contribution is 2.31. The molecule has 20 heavy (non-hydrogen) atoms. The molecule has 1 heteroatoms. The summed E-state index contributed by atoms with van der Waals surface area (Å²) in [5, 5.41) is 3.51. The standard InChI is InChI=1S/C19H16S/c1-3-4-5-17-13-20-19-11-10-16(12-18(17)19)15-8-6-14(2)7-9-15/h3-13H,1H2,2H3. The third-order valence-corrected chi connectivity index (χ3v) is 4.38. The molecule has 0 radical (unpaired) electrons. The first-order valence-electron chi connectivity index (χ1n) is 6.65. The fourth-order valence-electron chi connectivity index (χ4n) is 2.28. The lowest BCUT2D eigenvalue weighted by Crippen LogP contribution is -1.79. The number of aryl methyl sites for hydroxylation is 1. The molecular formula is C19H16S. The SMILES string of the molecule is C=CC=Cc1csc2ccc(-c3ccc(C)cc3)cc12. The molecule has 0 unspecified atom stereocenters. The molecule has 0 saturated carbocycles. The molecule has 0 fully saturated rings. The Morgan fingerprint density at radius 3 is 2.50 bits per heavy atom. The Kier molecular flexibility index (Phi) is 3.53. The normalized spacial score (nSPS) is 11.2. The molecule has 0 aliphatic rings. The highest BCUT2D eigenvalue weighted by atomic mass is 32.1. The summed E-state index contributed by atoms with van der Waals surface area (Å²) in [5.41, 5.74) is 5.09. The molecule has 2 aromatic carbocycles. The van der Waals surface area contributed by atoms with Gasteiger partial charge in [-0.3, -0.25) is 0 Å². The zero-order chi connectivity index (χ0) is 13.9. The number of hydrogen-bond donors (Lipinski definition) is 0. The summed E-state index contributed by atoms with van der Waals surface area (Å²) >= 11 is 1.79. The third kappa shape index (κ3) is 2.45. The van der Waals surface area contributed by atoms with Crippen LogP contribution in [0.1, 0.15) is 11.1 Å². The predicted octanol–water partition coefficient (Wildman–Crippen LogP) is 6.08. The lowest BCUT2D eigenvalue weighted by Gasteiger charge is -2.03. The van der Waals surface area contributed by atoms with E-state index in [1.165, 1.54) is 32.3 Å². The summed E-state index contributed by atoms with van der Waals surface area (Å²) in [5.74, 6) is 0. The van der Waals surface area contributed by atoms with Crippen molar-refractivity contribution in [3.8, 4) is 11.1 Å². The fourth-order valence-corrected chi connectivity index (χ4v) is 3.18. The van der Waals surface area contributed by atoms with E-state index in [9.17, 15) is 0 Å². The number of rotatable bonds is 3. The smallest absolute Gasteiger partial charge is 0.0349 e. The Morgan fingerprint density at radius 1 is 1.00 bits per heavy atom. The molecule has 0 saturated heterocycles. The van der Waals surface area contributed by atoms with Gasteiger partial charge in [-0.25, -0.2) is 0 Å². The van der Waals surface area contributed by atoms with Crippen molar-refractivity contribution in [3.05, 3.63) is 77.7 Å². The number of thiophene rings is 1. The molecule has 1 aromatic heterocycles. The van der Waals surface area contributed by atoms with Crippen LogP contribution in [0.3, 0.4) is 0 Å². The van der Waals surface area contributed by atoms with Crippen LogP contribution in [0.2, 0.25) is 0 Å². The van der Waals surface area contributed by atoms with Gasteiger partial charge in [-0.1, -0.05) is 60.7 Å². The maximum Gasteiger partial charge on any atom is 0.0349 e. The summed E-state index contributed by atoms with van der Waals surface area (Å²) in [7, 11) is 0. The molecule has 0 nitrogen and oxygen atoms in total. The van der Waals surface area contributed by atoms with Gasteiger partial charge in [0.2, 0.25) is 0 Å². The number of hydrogen-bond acceptors (Lipinski definition) is 1. The van der Waals surface area contributed by atoms with Gasteiger partial charge in [-0.2, -0.15) is 0 Å². The lowest BCUT2D eigenvalue weighted by atomic mass is 10.0. The molecule has 3 aromatic rings. The highest BCUT2D eigenvalue weighted by molar-refractivity contribution is 7.17. The Balaban J connectivity index is 2.11. The average Bonchev–Trinajstić information content (AvgIpc) is 2.88. The van der Waals surface area contributed by atoms with E-state index in [1.54, 1.807) is 11.3 Å². The number of fused-ring (bicyclic) bond motifs is 1. The third-order valence-electron chi connectivity index (χ3n) is 3.40. The van der Waals surface area contributed by atoms with Crippen molar-refractivity contribution in [2.75, 3.05) is 0 Å². The number of benzene rings is 2. The van der Waals surface area contributed by atoms with Crippen molar-refractivity contribution < 1.29 is 0 Å². The van der Waals surface area contributed by atoms with Gasteiger partial charge >= 0.3 is 0 Å². The van der Waals surface area contributed by atoms with Gasteiger partial charge in [0.1, 0.15) is 0 Å². The van der Waals surface area contributed by atoms with Crippen LogP contribution in [0, 0.1) is 6.92 Å². The van der Waals surface area contributed by atoms with Gasteiger partial charge < -0.3 is 0 Å². The van der Waals surface area contributed by atoms with Crippen molar-refractivity contribution in [1.82, 2.24) is 0 Å². The molecule has 0 aliphatic carbocycles. The molecule has 0 spiro atoms. The monoisotopic (exact) mass is 276 g/mol. The largest absolute Gasteiger partial charge is 0.143 e. The first-order chi connectivity index (χ1) is 9.78. The van der Waals surface area contributed by atoms with Gasteiger partial charge in [0, 0.05) is 10.1 Å². The Labute approximate surface area is 123 Å². The lowest BCUT2D eigenvalue weighted by molar-refractivity contribution is 1.47. The zero-order valence-corrected chi connectivity index (χ0v) is 12.3. The van der Waals surface area contributed by atoms with Crippen LogP contribution in [-0.4, -0.2) is 0 Å². The van der Waals surface area contributed by atoms with Crippen molar-refractivity contribution in [2.24, 2.45) is 0 Å². The van der Waals surface area contributed by atoms with Crippen LogP contribution in [0.25, 0.3) is 27.3 Å². The summed E-state index contributed by atoms with van der Waals surface area (Å²) in [6, 6.07) is 15.4. The van der Waals surface area contributed by atoms with Crippen LogP contribution in [0.15, 0.2) is 66.6 Å². The van der Waals surface area contributed by atoms with E-state index in [1.807, 2.05) is 12.2 Å². The molecule has 0 amide bonds. The van der Waals surface area contributed by atoms with Crippen LogP contribution < -0.4 is 0 Å². The molecule has 0 bridgehead atoms. The quantitative estimate of drug-likeness (QED) is 0.509. The van der Waals surface area contributed by atoms with Gasteiger partial charge in [0.05, 0.1) is 0 Å². The predicted molar refractivity (Wildman–Crippen MR) is 91.2 cm³/mol. The van der Waals surface area contributed by atoms with Gasteiger partial charge in [0.25, 0.3) is 0 Å². The number of allylic oxidation sites excluding steroid dienone is 2. The van der Waals surface area contributed by atoms with E-state index >= 15 is 0 Å². The summed E-state index contributed by atoms with van der Waals surface area (Å²) in [6.07, 6.45) is 5.91. The summed E-state index contributed by atoms with van der Waals surface area (Å²) in [6.45, 7) is 5.85. The van der Waals surface area contributed by atoms with Gasteiger partial charge in [-0.15, -0.1) is 11.3 Å². The Hall–Kier alpha value is -2.12. The van der Waals surface area contributed by atoms with Crippen LogP contribution in [-0.2, 0) is 0 Å². The van der Waals surface area contributed by atoms with E-state index in [-0.39, 0.29) is 0 Å². The summed E-state index contributed by atoms with van der Waals surface area (Å²) < 4.78 is 1.32. The van der Waals surface area contributed by atoms with E-state index in [2.05, 4.69) is 67.4 Å². The van der Waals surface area contributed by atoms with Crippen LogP contribution >= 0.6 is 11.3 Å². The second-order valence-corrected chi connectivity index (χ2v) is 5.77. The highest BCUT2D eigenvalue weighted by Gasteiger charge is 2.04. The molecular weight excluding hydrogens is 260 g/mol. The zero-order valence-electron chi connectivity index (χ0n) is 11.5. The van der Waals surface area contributed by atoms with Crippen LogP contribution in [0.5, 0.6) is 0 Å².